The molecule has 0 fully saturated rings. The molecule has 1 N–H and O–H groups in total. The van der Waals surface area contributed by atoms with Crippen molar-refractivity contribution in [1.82, 2.24) is 10.3 Å². The van der Waals surface area contributed by atoms with E-state index in [1.165, 1.54) is 6.07 Å². The molecule has 0 spiro atoms. The van der Waals surface area contributed by atoms with E-state index in [0.717, 1.165) is 30.0 Å². The molecule has 0 aliphatic carbocycles. The molecule has 1 atom stereocenters. The molecule has 1 aromatic heterocycles. The van der Waals surface area contributed by atoms with Crippen LogP contribution in [0.15, 0.2) is 36.5 Å². The second kappa shape index (κ2) is 4.97. The smallest absolute Gasteiger partial charge is 0.148 e. The van der Waals surface area contributed by atoms with Crippen LogP contribution in [0.2, 0.25) is 0 Å². The van der Waals surface area contributed by atoms with Gasteiger partial charge in [-0.25, -0.2) is 4.39 Å². The van der Waals surface area contributed by atoms with Crippen molar-refractivity contribution in [1.29, 1.82) is 0 Å². The molecule has 1 aromatic carbocycles. The highest BCUT2D eigenvalue weighted by Crippen LogP contribution is 2.38. The molecular weight excluding hydrogens is 243 g/mol. The number of fused-ring (bicyclic) bond motifs is 2. The second-order valence-corrected chi connectivity index (χ2v) is 4.69. The summed E-state index contributed by atoms with van der Waals surface area (Å²) in [6.45, 7) is 0.760. The zero-order chi connectivity index (χ0) is 13.2. The molecule has 4 heteroatoms. The van der Waals surface area contributed by atoms with Crippen LogP contribution >= 0.6 is 0 Å². The van der Waals surface area contributed by atoms with Crippen molar-refractivity contribution in [3.63, 3.8) is 0 Å². The molecule has 3 rings (SSSR count). The Bertz CT molecular complexity index is 600. The van der Waals surface area contributed by atoms with Gasteiger partial charge in [0.15, 0.2) is 0 Å². The Balaban J connectivity index is 2.10. The standard InChI is InChI=1S/C15H15FN2O/c1-17-9-10-7-13-15(3-2-6-18-13)19-14-5-4-11(16)8-12(10)14/h2-6,8,10,17H,7,9H2,1H3. The molecule has 1 aliphatic rings. The molecule has 0 amide bonds. The first-order valence-corrected chi connectivity index (χ1v) is 6.33. The summed E-state index contributed by atoms with van der Waals surface area (Å²) in [5.41, 5.74) is 1.81. The molecule has 0 saturated heterocycles. The normalized spacial score (nSPS) is 17.1. The Morgan fingerprint density at radius 3 is 3.11 bits per heavy atom. The summed E-state index contributed by atoms with van der Waals surface area (Å²) in [5.74, 6) is 1.40. The maximum Gasteiger partial charge on any atom is 0.148 e. The minimum atomic E-state index is -0.234. The Morgan fingerprint density at radius 1 is 1.37 bits per heavy atom. The van der Waals surface area contributed by atoms with E-state index < -0.39 is 0 Å². The van der Waals surface area contributed by atoms with Crippen molar-refractivity contribution >= 4 is 0 Å². The highest BCUT2D eigenvalue weighted by molar-refractivity contribution is 5.45. The second-order valence-electron chi connectivity index (χ2n) is 4.69. The molecule has 3 nitrogen and oxygen atoms in total. The number of nitrogens with one attached hydrogen (secondary N) is 1. The lowest BCUT2D eigenvalue weighted by Crippen LogP contribution is -2.19. The highest BCUT2D eigenvalue weighted by atomic mass is 19.1. The van der Waals surface area contributed by atoms with E-state index in [2.05, 4.69) is 10.3 Å². The quantitative estimate of drug-likeness (QED) is 0.899. The van der Waals surface area contributed by atoms with Gasteiger partial charge < -0.3 is 10.1 Å². The Labute approximate surface area is 111 Å². The number of nitrogens with zero attached hydrogens (tertiary/aromatic N) is 1. The van der Waals surface area contributed by atoms with Gasteiger partial charge >= 0.3 is 0 Å². The lowest BCUT2D eigenvalue weighted by molar-refractivity contribution is 0.473. The maximum absolute atomic E-state index is 13.5. The van der Waals surface area contributed by atoms with E-state index in [9.17, 15) is 4.39 Å². The lowest BCUT2D eigenvalue weighted by atomic mass is 9.93. The first-order chi connectivity index (χ1) is 9.28. The van der Waals surface area contributed by atoms with Crippen molar-refractivity contribution in [2.75, 3.05) is 13.6 Å². The topological polar surface area (TPSA) is 34.2 Å². The molecule has 0 radical (unpaired) electrons. The average Bonchev–Trinajstić information content (AvgIpc) is 2.56. The fraction of sp³-hybridized carbons (Fsp3) is 0.267. The summed E-state index contributed by atoms with van der Waals surface area (Å²) in [4.78, 5) is 4.37. The molecule has 98 valence electrons. The highest BCUT2D eigenvalue weighted by Gasteiger charge is 2.24. The first kappa shape index (κ1) is 12.1. The van der Waals surface area contributed by atoms with Gasteiger partial charge in [0.05, 0.1) is 5.69 Å². The van der Waals surface area contributed by atoms with Crippen LogP contribution < -0.4 is 10.1 Å². The fourth-order valence-corrected chi connectivity index (χ4v) is 2.49. The number of aromatic nitrogens is 1. The van der Waals surface area contributed by atoms with E-state index in [-0.39, 0.29) is 11.7 Å². The summed E-state index contributed by atoms with van der Waals surface area (Å²) < 4.78 is 19.4. The van der Waals surface area contributed by atoms with E-state index >= 15 is 0 Å². The van der Waals surface area contributed by atoms with E-state index in [1.807, 2.05) is 19.2 Å². The Kier molecular flexibility index (Phi) is 3.17. The van der Waals surface area contributed by atoms with Gasteiger partial charge in [-0.2, -0.15) is 0 Å². The minimum absolute atomic E-state index is 0.159. The lowest BCUT2D eigenvalue weighted by Gasteiger charge is -2.15. The van der Waals surface area contributed by atoms with Gasteiger partial charge in [0.2, 0.25) is 0 Å². The molecule has 19 heavy (non-hydrogen) atoms. The van der Waals surface area contributed by atoms with Crippen molar-refractivity contribution in [3.8, 4) is 11.5 Å². The summed E-state index contributed by atoms with van der Waals surface area (Å²) in [7, 11) is 1.89. The molecule has 2 heterocycles. The van der Waals surface area contributed by atoms with Gasteiger partial charge in [0, 0.05) is 30.6 Å². The summed E-state index contributed by atoms with van der Waals surface area (Å²) in [6.07, 6.45) is 2.50. The van der Waals surface area contributed by atoms with Crippen LogP contribution in [0.3, 0.4) is 0 Å². The average molecular weight is 258 g/mol. The molecule has 1 aliphatic heterocycles. The third kappa shape index (κ3) is 2.31. The minimum Gasteiger partial charge on any atom is -0.455 e. The number of hydrogen-bond donors (Lipinski definition) is 1. The Morgan fingerprint density at radius 2 is 2.26 bits per heavy atom. The van der Waals surface area contributed by atoms with Crippen molar-refractivity contribution in [2.45, 2.75) is 12.3 Å². The molecule has 2 aromatic rings. The van der Waals surface area contributed by atoms with Crippen LogP contribution in [0.4, 0.5) is 4.39 Å². The van der Waals surface area contributed by atoms with E-state index in [4.69, 9.17) is 4.74 Å². The number of halogens is 1. The molecule has 0 saturated carbocycles. The van der Waals surface area contributed by atoms with E-state index in [1.54, 1.807) is 18.3 Å². The zero-order valence-corrected chi connectivity index (χ0v) is 10.7. The van der Waals surface area contributed by atoms with Crippen molar-refractivity contribution in [3.05, 3.63) is 53.6 Å². The van der Waals surface area contributed by atoms with Crippen LogP contribution in [0.5, 0.6) is 11.5 Å². The van der Waals surface area contributed by atoms with Crippen LogP contribution in [-0.2, 0) is 6.42 Å². The van der Waals surface area contributed by atoms with Crippen molar-refractivity contribution < 1.29 is 9.13 Å². The first-order valence-electron chi connectivity index (χ1n) is 6.33. The largest absolute Gasteiger partial charge is 0.455 e. The van der Waals surface area contributed by atoms with Crippen LogP contribution in [0, 0.1) is 5.82 Å². The molecular formula is C15H15FN2O. The van der Waals surface area contributed by atoms with Gasteiger partial charge in [-0.05, 0) is 37.4 Å². The third-order valence-corrected chi connectivity index (χ3v) is 3.37. The predicted molar refractivity (Wildman–Crippen MR) is 71.1 cm³/mol. The Hall–Kier alpha value is -1.94. The van der Waals surface area contributed by atoms with Gasteiger partial charge in [0.25, 0.3) is 0 Å². The number of rotatable bonds is 2. The summed E-state index contributed by atoms with van der Waals surface area (Å²) in [5, 5.41) is 3.15. The number of hydrogen-bond acceptors (Lipinski definition) is 3. The summed E-state index contributed by atoms with van der Waals surface area (Å²) >= 11 is 0. The number of likely N-dealkylation sites (N-methyl/N-ethyl adjacent to an activating group) is 1. The molecule has 0 bridgehead atoms. The predicted octanol–water partition coefficient (Wildman–Crippen LogP) is 2.87. The number of pyridine rings is 1. The molecule has 1 unspecified atom stereocenters. The third-order valence-electron chi connectivity index (χ3n) is 3.37. The van der Waals surface area contributed by atoms with Gasteiger partial charge in [-0.15, -0.1) is 0 Å². The number of ether oxygens (including phenoxy) is 1. The monoisotopic (exact) mass is 258 g/mol. The van der Waals surface area contributed by atoms with Gasteiger partial charge in [-0.3, -0.25) is 4.98 Å². The zero-order valence-electron chi connectivity index (χ0n) is 10.7. The van der Waals surface area contributed by atoms with E-state index in [0.29, 0.717) is 5.75 Å². The van der Waals surface area contributed by atoms with Gasteiger partial charge in [-0.1, -0.05) is 0 Å². The summed E-state index contributed by atoms with van der Waals surface area (Å²) in [6, 6.07) is 8.42. The maximum atomic E-state index is 13.5. The fourth-order valence-electron chi connectivity index (χ4n) is 2.49. The van der Waals surface area contributed by atoms with Crippen molar-refractivity contribution in [2.24, 2.45) is 0 Å². The van der Waals surface area contributed by atoms with Crippen LogP contribution in [0.1, 0.15) is 17.2 Å². The SMILES string of the molecule is CNCC1Cc2ncccc2Oc2ccc(F)cc21. The van der Waals surface area contributed by atoms with Gasteiger partial charge in [0.1, 0.15) is 17.3 Å². The van der Waals surface area contributed by atoms with Crippen LogP contribution in [0.25, 0.3) is 0 Å². The van der Waals surface area contributed by atoms with Crippen LogP contribution in [-0.4, -0.2) is 18.6 Å². The number of benzene rings is 1.